The summed E-state index contributed by atoms with van der Waals surface area (Å²) in [5.74, 6) is 0.916. The number of β-lactam (4-membered cyclic amide) rings is 1. The summed E-state index contributed by atoms with van der Waals surface area (Å²) < 4.78 is 5.08. The quantitative estimate of drug-likeness (QED) is 0.748. The molecular formula is C12H16N2O2. The number of benzene rings is 1. The predicted molar refractivity (Wildman–Crippen MR) is 61.3 cm³/mol. The van der Waals surface area contributed by atoms with E-state index < -0.39 is 0 Å². The van der Waals surface area contributed by atoms with Crippen molar-refractivity contribution < 1.29 is 9.53 Å². The summed E-state index contributed by atoms with van der Waals surface area (Å²) in [6.07, 6.45) is 0.864. The highest BCUT2D eigenvalue weighted by molar-refractivity contribution is 5.87. The van der Waals surface area contributed by atoms with Crippen LogP contribution in [0.15, 0.2) is 24.3 Å². The smallest absolute Gasteiger partial charge is 0.241 e. The molecule has 1 amide bonds. The molecular weight excluding hydrogens is 204 g/mol. The second kappa shape index (κ2) is 4.53. The SMILES string of the molecule is COc1ccc(CCN2CC(N)C2=O)cc1. The number of carbonyl (C=O) groups excluding carboxylic acids is 1. The van der Waals surface area contributed by atoms with Crippen LogP contribution in [0.4, 0.5) is 0 Å². The van der Waals surface area contributed by atoms with E-state index in [0.717, 1.165) is 18.7 Å². The third-order valence-corrected chi connectivity index (χ3v) is 2.88. The number of nitrogens with zero attached hydrogens (tertiary/aromatic N) is 1. The van der Waals surface area contributed by atoms with E-state index in [-0.39, 0.29) is 11.9 Å². The van der Waals surface area contributed by atoms with Gasteiger partial charge >= 0.3 is 0 Å². The maximum Gasteiger partial charge on any atom is 0.241 e. The Morgan fingerprint density at radius 3 is 2.62 bits per heavy atom. The second-order valence-electron chi connectivity index (χ2n) is 3.99. The molecule has 0 bridgehead atoms. The molecule has 0 radical (unpaired) electrons. The molecule has 1 aliphatic rings. The topological polar surface area (TPSA) is 55.6 Å². The average Bonchev–Trinajstić information content (AvgIpc) is 2.34. The molecule has 0 aliphatic carbocycles. The van der Waals surface area contributed by atoms with Crippen LogP contribution >= 0.6 is 0 Å². The van der Waals surface area contributed by atoms with Gasteiger partial charge in [0.2, 0.25) is 5.91 Å². The van der Waals surface area contributed by atoms with E-state index in [1.54, 1.807) is 12.0 Å². The van der Waals surface area contributed by atoms with Crippen molar-refractivity contribution in [3.05, 3.63) is 29.8 Å². The molecule has 1 atom stereocenters. The Hall–Kier alpha value is -1.55. The molecule has 1 aromatic carbocycles. The van der Waals surface area contributed by atoms with Crippen molar-refractivity contribution in [3.63, 3.8) is 0 Å². The fraction of sp³-hybridized carbons (Fsp3) is 0.417. The first-order valence-electron chi connectivity index (χ1n) is 5.38. The van der Waals surface area contributed by atoms with E-state index in [0.29, 0.717) is 6.54 Å². The Balaban J connectivity index is 1.83. The van der Waals surface area contributed by atoms with E-state index in [9.17, 15) is 4.79 Å². The van der Waals surface area contributed by atoms with Crippen LogP contribution in [0.25, 0.3) is 0 Å². The van der Waals surface area contributed by atoms with Crippen LogP contribution in [0.3, 0.4) is 0 Å². The van der Waals surface area contributed by atoms with Gasteiger partial charge in [-0.25, -0.2) is 0 Å². The van der Waals surface area contributed by atoms with Crippen LogP contribution < -0.4 is 10.5 Å². The minimum atomic E-state index is -0.268. The van der Waals surface area contributed by atoms with Gasteiger partial charge in [0, 0.05) is 13.1 Å². The van der Waals surface area contributed by atoms with Crippen molar-refractivity contribution in [1.29, 1.82) is 0 Å². The fourth-order valence-electron chi connectivity index (χ4n) is 1.79. The monoisotopic (exact) mass is 220 g/mol. The zero-order valence-electron chi connectivity index (χ0n) is 9.35. The van der Waals surface area contributed by atoms with E-state index in [4.69, 9.17) is 10.5 Å². The summed E-state index contributed by atoms with van der Waals surface area (Å²) in [6, 6.07) is 7.63. The van der Waals surface area contributed by atoms with Gasteiger partial charge < -0.3 is 15.4 Å². The summed E-state index contributed by atoms with van der Waals surface area (Å²) >= 11 is 0. The van der Waals surface area contributed by atoms with Gasteiger partial charge in [0.15, 0.2) is 0 Å². The lowest BCUT2D eigenvalue weighted by atomic mass is 10.1. The fourth-order valence-corrected chi connectivity index (χ4v) is 1.79. The molecule has 1 aromatic rings. The molecule has 2 rings (SSSR count). The Morgan fingerprint density at radius 2 is 2.12 bits per heavy atom. The van der Waals surface area contributed by atoms with Crippen molar-refractivity contribution in [1.82, 2.24) is 4.90 Å². The highest BCUT2D eigenvalue weighted by Crippen LogP contribution is 2.13. The summed E-state index contributed by atoms with van der Waals surface area (Å²) in [4.78, 5) is 13.1. The zero-order valence-corrected chi connectivity index (χ0v) is 9.35. The highest BCUT2D eigenvalue weighted by Gasteiger charge is 2.32. The molecule has 1 fully saturated rings. The van der Waals surface area contributed by atoms with Crippen LogP contribution in [0.2, 0.25) is 0 Å². The van der Waals surface area contributed by atoms with Gasteiger partial charge in [0.25, 0.3) is 0 Å². The molecule has 86 valence electrons. The molecule has 1 aliphatic heterocycles. The maximum absolute atomic E-state index is 11.3. The minimum Gasteiger partial charge on any atom is -0.497 e. The average molecular weight is 220 g/mol. The number of hydrogen-bond acceptors (Lipinski definition) is 3. The highest BCUT2D eigenvalue weighted by atomic mass is 16.5. The Morgan fingerprint density at radius 1 is 1.44 bits per heavy atom. The number of carbonyl (C=O) groups is 1. The normalized spacial score (nSPS) is 19.5. The predicted octanol–water partition coefficient (Wildman–Crippen LogP) is 0.407. The molecule has 0 saturated carbocycles. The van der Waals surface area contributed by atoms with Crippen molar-refractivity contribution in [3.8, 4) is 5.75 Å². The van der Waals surface area contributed by atoms with E-state index in [2.05, 4.69) is 0 Å². The number of methoxy groups -OCH3 is 1. The van der Waals surface area contributed by atoms with E-state index in [1.165, 1.54) is 5.56 Å². The first-order valence-corrected chi connectivity index (χ1v) is 5.38. The Labute approximate surface area is 95.0 Å². The molecule has 4 nitrogen and oxygen atoms in total. The van der Waals surface area contributed by atoms with E-state index >= 15 is 0 Å². The van der Waals surface area contributed by atoms with Gasteiger partial charge in [-0.2, -0.15) is 0 Å². The third kappa shape index (κ3) is 2.17. The number of likely N-dealkylation sites (tertiary alicyclic amines) is 1. The molecule has 0 aromatic heterocycles. The van der Waals surface area contributed by atoms with Gasteiger partial charge in [0.05, 0.1) is 7.11 Å². The largest absolute Gasteiger partial charge is 0.497 e. The van der Waals surface area contributed by atoms with Crippen molar-refractivity contribution in [2.75, 3.05) is 20.2 Å². The summed E-state index contributed by atoms with van der Waals surface area (Å²) in [5.41, 5.74) is 6.71. The van der Waals surface area contributed by atoms with Crippen molar-refractivity contribution >= 4 is 5.91 Å². The van der Waals surface area contributed by atoms with Gasteiger partial charge in [0.1, 0.15) is 11.8 Å². The van der Waals surface area contributed by atoms with Crippen LogP contribution in [0, 0.1) is 0 Å². The lowest BCUT2D eigenvalue weighted by Crippen LogP contribution is -2.61. The molecule has 16 heavy (non-hydrogen) atoms. The zero-order chi connectivity index (χ0) is 11.5. The van der Waals surface area contributed by atoms with Crippen LogP contribution in [-0.4, -0.2) is 37.0 Å². The summed E-state index contributed by atoms with van der Waals surface area (Å²) in [5, 5.41) is 0. The Bertz CT molecular complexity index is 375. The van der Waals surface area contributed by atoms with Crippen LogP contribution in [-0.2, 0) is 11.2 Å². The van der Waals surface area contributed by atoms with Crippen molar-refractivity contribution in [2.45, 2.75) is 12.5 Å². The minimum absolute atomic E-state index is 0.0634. The molecule has 0 spiro atoms. The van der Waals surface area contributed by atoms with Crippen molar-refractivity contribution in [2.24, 2.45) is 5.73 Å². The van der Waals surface area contributed by atoms with Gasteiger partial charge in [-0.15, -0.1) is 0 Å². The van der Waals surface area contributed by atoms with Gasteiger partial charge in [-0.3, -0.25) is 4.79 Å². The molecule has 1 unspecified atom stereocenters. The van der Waals surface area contributed by atoms with Crippen LogP contribution in [0.1, 0.15) is 5.56 Å². The lowest BCUT2D eigenvalue weighted by Gasteiger charge is -2.36. The number of hydrogen-bond donors (Lipinski definition) is 1. The molecule has 4 heteroatoms. The Kier molecular flexibility index (Phi) is 3.10. The first-order chi connectivity index (χ1) is 7.70. The number of rotatable bonds is 4. The molecule has 1 heterocycles. The number of ether oxygens (including phenoxy) is 1. The van der Waals surface area contributed by atoms with Gasteiger partial charge in [-0.05, 0) is 24.1 Å². The maximum atomic E-state index is 11.3. The number of nitrogens with two attached hydrogens (primary N) is 1. The molecule has 1 saturated heterocycles. The summed E-state index contributed by atoms with van der Waals surface area (Å²) in [6.45, 7) is 1.44. The van der Waals surface area contributed by atoms with E-state index in [1.807, 2.05) is 24.3 Å². The third-order valence-electron chi connectivity index (χ3n) is 2.88. The standard InChI is InChI=1S/C12H16N2O2/c1-16-10-4-2-9(3-5-10)6-7-14-8-11(13)12(14)15/h2-5,11H,6-8,13H2,1H3. The summed E-state index contributed by atoms with van der Waals surface area (Å²) in [7, 11) is 1.65. The van der Waals surface area contributed by atoms with Gasteiger partial charge in [-0.1, -0.05) is 12.1 Å². The molecule has 2 N–H and O–H groups in total. The van der Waals surface area contributed by atoms with Crippen LogP contribution in [0.5, 0.6) is 5.75 Å². The first kappa shape index (κ1) is 11.0. The second-order valence-corrected chi connectivity index (χ2v) is 3.99. The number of amides is 1. The lowest BCUT2D eigenvalue weighted by molar-refractivity contribution is -0.142.